The van der Waals surface area contributed by atoms with Crippen LogP contribution in [0.2, 0.25) is 0 Å². The van der Waals surface area contributed by atoms with Crippen molar-refractivity contribution in [3.8, 4) is 0 Å². The Bertz CT molecular complexity index is 1050. The van der Waals surface area contributed by atoms with Gasteiger partial charge >= 0.3 is 6.09 Å². The molecule has 0 aromatic heterocycles. The molecular weight excluding hydrogens is 548 g/mol. The lowest BCUT2D eigenvalue weighted by molar-refractivity contribution is -0.442. The summed E-state index contributed by atoms with van der Waals surface area (Å²) in [5.41, 5.74) is 8.16. The first-order valence-corrected chi connectivity index (χ1v) is 15.1. The minimum absolute atomic E-state index is 0. The van der Waals surface area contributed by atoms with Gasteiger partial charge in [0.05, 0.1) is 6.61 Å². The van der Waals surface area contributed by atoms with Crippen molar-refractivity contribution in [2.24, 2.45) is 0 Å². The Morgan fingerprint density at radius 3 is 2.15 bits per heavy atom. The highest BCUT2D eigenvalue weighted by Crippen LogP contribution is 2.28. The summed E-state index contributed by atoms with van der Waals surface area (Å²) in [6.45, 7) is 12.8. The molecule has 2 aromatic rings. The van der Waals surface area contributed by atoms with Gasteiger partial charge in [-0.2, -0.15) is 4.58 Å². The molecule has 0 unspecified atom stereocenters. The summed E-state index contributed by atoms with van der Waals surface area (Å²) in [4.78, 5) is 11.8. The fourth-order valence-corrected chi connectivity index (χ4v) is 5.41. The Hall–Kier alpha value is -2.14. The topological polar surface area (TPSA) is 41.3 Å². The molecule has 0 spiro atoms. The van der Waals surface area contributed by atoms with Crippen molar-refractivity contribution in [2.75, 3.05) is 13.2 Å². The number of alkyl carbamates (subject to hydrolysis) is 1. The first kappa shape index (κ1) is 33.1. The molecule has 5 heteroatoms. The maximum absolute atomic E-state index is 11.8. The zero-order valence-corrected chi connectivity index (χ0v) is 26.7. The Morgan fingerprint density at radius 2 is 1.54 bits per heavy atom. The number of carbonyl (C=O) groups is 1. The molecule has 216 valence electrons. The zero-order valence-electron chi connectivity index (χ0n) is 25.1. The molecule has 0 radical (unpaired) electrons. The summed E-state index contributed by atoms with van der Waals surface area (Å²) >= 11 is 0. The molecule has 1 amide bonds. The second kappa shape index (κ2) is 16.8. The Balaban J connectivity index is 0.00000533. The largest absolute Gasteiger partial charge is 1.00 e. The first-order chi connectivity index (χ1) is 18.3. The van der Waals surface area contributed by atoms with E-state index in [0.717, 1.165) is 24.9 Å². The summed E-state index contributed by atoms with van der Waals surface area (Å²) in [7, 11) is 0. The molecule has 1 aliphatic rings. The Kier molecular flexibility index (Phi) is 14.3. The van der Waals surface area contributed by atoms with Crippen LogP contribution in [0.1, 0.15) is 121 Å². The van der Waals surface area contributed by atoms with Gasteiger partial charge in [-0.3, -0.25) is 0 Å². The SMILES string of the molecule is CCCCCCCCCCCC1=[N+](c2ccc(C(C)(C)C)cc2)CCc2cc(CNC(=O)OCC)ccc21.[Br-]. The van der Waals surface area contributed by atoms with Crippen LogP contribution in [-0.4, -0.2) is 29.5 Å². The van der Waals surface area contributed by atoms with Crippen molar-refractivity contribution in [1.82, 2.24) is 5.32 Å². The summed E-state index contributed by atoms with van der Waals surface area (Å²) in [6, 6.07) is 15.9. The summed E-state index contributed by atoms with van der Waals surface area (Å²) in [6.07, 6.45) is 13.9. The predicted octanol–water partition coefficient (Wildman–Crippen LogP) is 5.84. The van der Waals surface area contributed by atoms with Gasteiger partial charge in [-0.25, -0.2) is 4.79 Å². The monoisotopic (exact) mass is 598 g/mol. The van der Waals surface area contributed by atoms with Crippen LogP contribution >= 0.6 is 0 Å². The maximum Gasteiger partial charge on any atom is 0.407 e. The Morgan fingerprint density at radius 1 is 0.897 bits per heavy atom. The van der Waals surface area contributed by atoms with E-state index in [-0.39, 0.29) is 28.5 Å². The number of carbonyl (C=O) groups excluding carboxylic acids is 1. The highest BCUT2D eigenvalue weighted by Gasteiger charge is 2.27. The third-order valence-corrected chi connectivity index (χ3v) is 7.69. The fourth-order valence-electron chi connectivity index (χ4n) is 5.41. The third-order valence-electron chi connectivity index (χ3n) is 7.69. The van der Waals surface area contributed by atoms with Gasteiger partial charge in [0.15, 0.2) is 12.3 Å². The molecule has 0 bridgehead atoms. The molecule has 0 fully saturated rings. The highest BCUT2D eigenvalue weighted by atomic mass is 79.9. The molecule has 39 heavy (non-hydrogen) atoms. The average molecular weight is 600 g/mol. The van der Waals surface area contributed by atoms with Gasteiger partial charge in [0.25, 0.3) is 0 Å². The molecule has 3 rings (SSSR count). The number of nitrogens with zero attached hydrogens (tertiary/aromatic N) is 1. The van der Waals surface area contributed by atoms with E-state index in [1.807, 2.05) is 6.92 Å². The van der Waals surface area contributed by atoms with E-state index >= 15 is 0 Å². The normalized spacial score (nSPS) is 13.1. The Labute approximate surface area is 248 Å². The molecule has 1 N–H and O–H groups in total. The molecule has 0 atom stereocenters. The van der Waals surface area contributed by atoms with Gasteiger partial charge in [0, 0.05) is 37.1 Å². The van der Waals surface area contributed by atoms with Gasteiger partial charge in [-0.05, 0) is 41.5 Å². The van der Waals surface area contributed by atoms with Gasteiger partial charge < -0.3 is 27.0 Å². The zero-order chi connectivity index (χ0) is 27.4. The number of ether oxygens (including phenoxy) is 1. The van der Waals surface area contributed by atoms with Crippen molar-refractivity contribution >= 4 is 17.5 Å². The first-order valence-electron chi connectivity index (χ1n) is 15.1. The lowest BCUT2D eigenvalue weighted by Gasteiger charge is -2.21. The average Bonchev–Trinajstić information content (AvgIpc) is 2.90. The third kappa shape index (κ3) is 10.4. The number of fused-ring (bicyclic) bond motifs is 1. The number of amides is 1. The molecule has 0 aliphatic carbocycles. The van der Waals surface area contributed by atoms with Gasteiger partial charge in [0.1, 0.15) is 0 Å². The number of hydrogen-bond donors (Lipinski definition) is 1. The minimum Gasteiger partial charge on any atom is -1.00 e. The van der Waals surface area contributed by atoms with Gasteiger partial charge in [-0.1, -0.05) is 103 Å². The summed E-state index contributed by atoms with van der Waals surface area (Å²) < 4.78 is 7.57. The number of unbranched alkanes of at least 4 members (excludes halogenated alkanes) is 8. The van der Waals surface area contributed by atoms with Crippen LogP contribution in [0, 0.1) is 0 Å². The number of hydrogen-bond acceptors (Lipinski definition) is 2. The number of nitrogens with one attached hydrogen (secondary N) is 1. The van der Waals surface area contributed by atoms with Crippen molar-refractivity contribution in [2.45, 2.75) is 117 Å². The van der Waals surface area contributed by atoms with Crippen molar-refractivity contribution < 1.29 is 31.1 Å². The van der Waals surface area contributed by atoms with Crippen LogP contribution < -0.4 is 22.3 Å². The van der Waals surface area contributed by atoms with Crippen LogP contribution in [-0.2, 0) is 23.1 Å². The predicted molar refractivity (Wildman–Crippen MR) is 160 cm³/mol. The van der Waals surface area contributed by atoms with Gasteiger partial charge in [-0.15, -0.1) is 0 Å². The quantitative estimate of drug-likeness (QED) is 0.219. The minimum atomic E-state index is -0.354. The second-order valence-corrected chi connectivity index (χ2v) is 11.8. The van der Waals surface area contributed by atoms with E-state index in [4.69, 9.17) is 4.74 Å². The molecule has 1 aliphatic heterocycles. The number of benzene rings is 2. The maximum atomic E-state index is 11.8. The smallest absolute Gasteiger partial charge is 0.407 e. The standard InChI is InChI=1S/C34H50N2O2.BrH/c1-6-8-9-10-11-12-13-14-15-16-32-31-22-17-27(26-35-33(37)38-7-2)25-28(31)23-24-36(32)30-20-18-29(19-21-30)34(3,4)5;/h17-22,25H,6-16,23-24,26H2,1-5H3;1H. The van der Waals surface area contributed by atoms with Crippen molar-refractivity contribution in [1.29, 1.82) is 0 Å². The molecule has 1 heterocycles. The van der Waals surface area contributed by atoms with Crippen molar-refractivity contribution in [3.05, 3.63) is 64.7 Å². The van der Waals surface area contributed by atoms with Crippen LogP contribution in [0.25, 0.3) is 0 Å². The van der Waals surface area contributed by atoms with E-state index in [2.05, 4.69) is 80.1 Å². The number of halogens is 1. The van der Waals surface area contributed by atoms with Crippen molar-refractivity contribution in [3.63, 3.8) is 0 Å². The lowest BCUT2D eigenvalue weighted by atomic mass is 9.87. The van der Waals surface area contributed by atoms with Crippen LogP contribution in [0.15, 0.2) is 42.5 Å². The van der Waals surface area contributed by atoms with E-state index in [1.54, 1.807) is 0 Å². The highest BCUT2D eigenvalue weighted by molar-refractivity contribution is 5.99. The van der Waals surface area contributed by atoms with Crippen LogP contribution in [0.4, 0.5) is 10.5 Å². The lowest BCUT2D eigenvalue weighted by Crippen LogP contribution is -3.00. The second-order valence-electron chi connectivity index (χ2n) is 11.8. The summed E-state index contributed by atoms with van der Waals surface area (Å²) in [5.74, 6) is 0. The summed E-state index contributed by atoms with van der Waals surface area (Å²) in [5, 5.41) is 2.86. The molecular formula is C34H51BrN2O2. The number of rotatable bonds is 14. The van der Waals surface area contributed by atoms with E-state index < -0.39 is 0 Å². The van der Waals surface area contributed by atoms with Crippen LogP contribution in [0.3, 0.4) is 0 Å². The van der Waals surface area contributed by atoms with Crippen LogP contribution in [0.5, 0.6) is 0 Å². The van der Waals surface area contributed by atoms with Gasteiger partial charge in [0.2, 0.25) is 5.69 Å². The molecule has 4 nitrogen and oxygen atoms in total. The molecule has 2 aromatic carbocycles. The molecule has 0 saturated carbocycles. The van der Waals surface area contributed by atoms with E-state index in [9.17, 15) is 4.79 Å². The van der Waals surface area contributed by atoms with E-state index in [1.165, 1.54) is 85.9 Å². The fraction of sp³-hybridized carbons (Fsp3) is 0.588. The van der Waals surface area contributed by atoms with E-state index in [0.29, 0.717) is 13.2 Å². The molecule has 0 saturated heterocycles.